The van der Waals surface area contributed by atoms with E-state index in [-0.39, 0.29) is 23.1 Å². The molecule has 0 aliphatic carbocycles. The molecule has 0 radical (unpaired) electrons. The third kappa shape index (κ3) is 1.64. The van der Waals surface area contributed by atoms with Gasteiger partial charge in [-0.2, -0.15) is 0 Å². The van der Waals surface area contributed by atoms with Gasteiger partial charge in [0.25, 0.3) is 0 Å². The zero-order valence-corrected chi connectivity index (χ0v) is 14.2. The summed E-state index contributed by atoms with van der Waals surface area (Å²) >= 11 is 0. The van der Waals surface area contributed by atoms with Crippen LogP contribution in [0.3, 0.4) is 0 Å². The van der Waals surface area contributed by atoms with Gasteiger partial charge in [-0.3, -0.25) is 14.3 Å². The van der Waals surface area contributed by atoms with E-state index in [0.717, 1.165) is 5.57 Å². The van der Waals surface area contributed by atoms with Crippen molar-refractivity contribution in [3.05, 3.63) is 42.0 Å². The van der Waals surface area contributed by atoms with Gasteiger partial charge in [-0.15, -0.1) is 0 Å². The van der Waals surface area contributed by atoms with Crippen molar-refractivity contribution in [3.63, 3.8) is 0 Å². The number of nitrogens with zero attached hydrogens (tertiary/aromatic N) is 2. The molecule has 1 aromatic rings. The van der Waals surface area contributed by atoms with Crippen LogP contribution in [0.2, 0.25) is 0 Å². The zero-order valence-electron chi connectivity index (χ0n) is 13.3. The summed E-state index contributed by atoms with van der Waals surface area (Å²) in [4.78, 5) is 27.2. The Kier molecular flexibility index (Phi) is 3.00. The molecular weight excluding hydrogens is 311 g/mol. The lowest BCUT2D eigenvalue weighted by Crippen LogP contribution is -2.35. The Balaban J connectivity index is 1.81. The minimum atomic E-state index is -2.77. The molecule has 0 spiro atoms. The quantitative estimate of drug-likeness (QED) is 0.474. The first-order valence-electron chi connectivity index (χ1n) is 7.77. The molecule has 3 aliphatic rings. The summed E-state index contributed by atoms with van der Waals surface area (Å²) in [5.74, 6) is -1.37. The maximum Gasteiger partial charge on any atom is 0.238 e. The fourth-order valence-electron chi connectivity index (χ4n) is 4.55. The Hall–Kier alpha value is -1.71. The predicted molar refractivity (Wildman–Crippen MR) is 88.5 cm³/mol. The van der Waals surface area contributed by atoms with Crippen molar-refractivity contribution in [2.24, 2.45) is 11.8 Å². The fourth-order valence-corrected chi connectivity index (χ4v) is 8.62. The number of allylic oxidation sites excluding steroid dienone is 2. The molecule has 2 bridgehead atoms. The monoisotopic (exact) mass is 330 g/mol. The number of amides is 2. The molecule has 1 aromatic carbocycles. The molecule has 4 rings (SSSR count). The molecule has 0 aromatic heterocycles. The molecule has 2 saturated heterocycles. The molecule has 6 heteroatoms. The van der Waals surface area contributed by atoms with Crippen LogP contribution in [0.1, 0.15) is 6.92 Å². The third-order valence-corrected chi connectivity index (χ3v) is 9.57. The lowest BCUT2D eigenvalue weighted by atomic mass is 9.82. The smallest absolute Gasteiger partial charge is 0.238 e. The van der Waals surface area contributed by atoms with Gasteiger partial charge in [-0.1, -0.05) is 29.8 Å². The second kappa shape index (κ2) is 4.65. The van der Waals surface area contributed by atoms with Gasteiger partial charge in [0.05, 0.1) is 28.8 Å². The highest BCUT2D eigenvalue weighted by molar-refractivity contribution is 7.64. The van der Waals surface area contributed by atoms with Crippen LogP contribution in [0.25, 0.3) is 0 Å². The van der Waals surface area contributed by atoms with Crippen LogP contribution >= 0.6 is 7.29 Å². The Morgan fingerprint density at radius 2 is 1.65 bits per heavy atom. The molecule has 3 aliphatic heterocycles. The summed E-state index contributed by atoms with van der Waals surface area (Å²) in [5, 5.41) is 0. The van der Waals surface area contributed by atoms with Crippen LogP contribution in [-0.4, -0.2) is 41.9 Å². The Morgan fingerprint density at radius 1 is 1.04 bits per heavy atom. The lowest BCUT2D eigenvalue weighted by Gasteiger charge is -2.28. The van der Waals surface area contributed by atoms with E-state index in [2.05, 4.69) is 0 Å². The van der Waals surface area contributed by atoms with E-state index in [9.17, 15) is 14.2 Å². The van der Waals surface area contributed by atoms with E-state index in [0.29, 0.717) is 5.69 Å². The number of imide groups is 1. The van der Waals surface area contributed by atoms with E-state index in [1.807, 2.05) is 31.2 Å². The first-order valence-corrected chi connectivity index (χ1v) is 9.57. The summed E-state index contributed by atoms with van der Waals surface area (Å²) in [7, 11) is 0.813. The summed E-state index contributed by atoms with van der Waals surface area (Å²) in [6, 6.07) is 9.01. The van der Waals surface area contributed by atoms with Gasteiger partial charge in [0, 0.05) is 0 Å². The van der Waals surface area contributed by atoms with Crippen molar-refractivity contribution in [1.82, 2.24) is 4.67 Å². The average molecular weight is 330 g/mol. The van der Waals surface area contributed by atoms with Gasteiger partial charge >= 0.3 is 0 Å². The SMILES string of the molecule is CC1=C[C@H]2[C@H]3C(=O)N(c4ccccc4)C(=O)[C@H]3[C@@H]1P2(=O)N(C)C. The molecule has 2 fully saturated rings. The molecule has 2 amide bonds. The Bertz CT molecular complexity index is 786. The summed E-state index contributed by atoms with van der Waals surface area (Å²) in [6.07, 6.45) is 1.96. The molecule has 1 unspecified atom stereocenters. The molecule has 3 heterocycles. The van der Waals surface area contributed by atoms with Crippen LogP contribution in [0, 0.1) is 11.8 Å². The second-order valence-electron chi connectivity index (χ2n) is 6.76. The first-order chi connectivity index (χ1) is 10.9. The Morgan fingerprint density at radius 3 is 2.26 bits per heavy atom. The number of rotatable bonds is 2. The highest BCUT2D eigenvalue weighted by atomic mass is 31.2. The zero-order chi connectivity index (χ0) is 16.5. The fraction of sp³-hybridized carbons (Fsp3) is 0.412. The summed E-state index contributed by atoms with van der Waals surface area (Å²) < 4.78 is 15.3. The minimum absolute atomic E-state index is 0.201. The molecule has 0 N–H and O–H groups in total. The maximum atomic E-state index is 13.5. The van der Waals surface area contributed by atoms with Crippen LogP contribution in [0.15, 0.2) is 42.0 Å². The standard InChI is InChI=1S/C17H19N2O3P/c1-10-9-12-13-14(15(10)23(12,22)18(2)3)17(21)19(16(13)20)11-7-5-4-6-8-11/h4-9,12-15H,1-3H3/t12-,13+,14+,15+,23?/m0/s1. The third-order valence-electron chi connectivity index (χ3n) is 5.47. The molecular formula is C17H19N2O3P. The van der Waals surface area contributed by atoms with Crippen molar-refractivity contribution in [2.75, 3.05) is 19.0 Å². The summed E-state index contributed by atoms with van der Waals surface area (Å²) in [6.45, 7) is 1.93. The van der Waals surface area contributed by atoms with E-state index < -0.39 is 19.1 Å². The van der Waals surface area contributed by atoms with E-state index >= 15 is 0 Å². The highest BCUT2D eigenvalue weighted by Gasteiger charge is 2.70. The highest BCUT2D eigenvalue weighted by Crippen LogP contribution is 2.75. The number of fused-ring (bicyclic) bond motifs is 5. The van der Waals surface area contributed by atoms with E-state index in [1.165, 1.54) is 4.90 Å². The topological polar surface area (TPSA) is 57.7 Å². The van der Waals surface area contributed by atoms with Gasteiger partial charge < -0.3 is 4.57 Å². The van der Waals surface area contributed by atoms with Crippen molar-refractivity contribution in [1.29, 1.82) is 0 Å². The van der Waals surface area contributed by atoms with Crippen LogP contribution in [0.4, 0.5) is 5.69 Å². The average Bonchev–Trinajstić information content (AvgIpc) is 3.04. The van der Waals surface area contributed by atoms with Crippen molar-refractivity contribution in [3.8, 4) is 0 Å². The van der Waals surface area contributed by atoms with Crippen molar-refractivity contribution >= 4 is 24.8 Å². The number of hydrogen-bond donors (Lipinski definition) is 0. The van der Waals surface area contributed by atoms with Gasteiger partial charge in [0.15, 0.2) is 7.29 Å². The van der Waals surface area contributed by atoms with Crippen molar-refractivity contribution in [2.45, 2.75) is 18.2 Å². The maximum absolute atomic E-state index is 13.5. The van der Waals surface area contributed by atoms with Gasteiger partial charge in [0.1, 0.15) is 0 Å². The van der Waals surface area contributed by atoms with Crippen molar-refractivity contribution < 1.29 is 14.2 Å². The molecule has 120 valence electrons. The van der Waals surface area contributed by atoms with Crippen LogP contribution in [0.5, 0.6) is 0 Å². The largest absolute Gasteiger partial charge is 0.305 e. The first kappa shape index (κ1) is 14.9. The molecule has 23 heavy (non-hydrogen) atoms. The number of hydrogen-bond acceptors (Lipinski definition) is 3. The number of para-hydroxylation sites is 1. The summed E-state index contributed by atoms with van der Waals surface area (Å²) in [5.41, 5.74) is 0.938. The molecule has 5 atom stereocenters. The second-order valence-corrected chi connectivity index (χ2v) is 10.1. The molecule has 0 saturated carbocycles. The number of carbonyl (C=O) groups is 2. The molecule has 5 nitrogen and oxygen atoms in total. The lowest BCUT2D eigenvalue weighted by molar-refractivity contribution is -0.122. The normalized spacial score (nSPS) is 38.4. The van der Waals surface area contributed by atoms with Gasteiger partial charge in [-0.25, -0.2) is 4.90 Å². The van der Waals surface area contributed by atoms with Crippen LogP contribution in [-0.2, 0) is 14.2 Å². The predicted octanol–water partition coefficient (Wildman–Crippen LogP) is 2.34. The Labute approximate surface area is 135 Å². The van der Waals surface area contributed by atoms with E-state index in [4.69, 9.17) is 0 Å². The number of benzene rings is 1. The van der Waals surface area contributed by atoms with E-state index in [1.54, 1.807) is 30.9 Å². The number of carbonyl (C=O) groups excluding carboxylic acids is 2. The van der Waals surface area contributed by atoms with Crippen LogP contribution < -0.4 is 4.90 Å². The number of anilines is 1. The van der Waals surface area contributed by atoms with Gasteiger partial charge in [0.2, 0.25) is 11.8 Å². The minimum Gasteiger partial charge on any atom is -0.305 e. The van der Waals surface area contributed by atoms with Gasteiger partial charge in [-0.05, 0) is 33.2 Å².